The highest BCUT2D eigenvalue weighted by Gasteiger charge is 2.09. The number of nitrogens with one attached hydrogen (secondary N) is 1. The zero-order chi connectivity index (χ0) is 11.4. The lowest BCUT2D eigenvalue weighted by Crippen LogP contribution is -2.20. The molecule has 0 radical (unpaired) electrons. The number of fused-ring (bicyclic) bond motifs is 1. The van der Waals surface area contributed by atoms with Gasteiger partial charge in [0.1, 0.15) is 5.52 Å². The molecule has 0 aliphatic carbocycles. The van der Waals surface area contributed by atoms with Gasteiger partial charge in [-0.05, 0) is 18.9 Å². The number of nitrogens with zero attached hydrogens (tertiary/aromatic N) is 3. The molecular formula is C11H15ClN4. The zero-order valence-corrected chi connectivity index (χ0v) is 9.98. The lowest BCUT2D eigenvalue weighted by molar-refractivity contribution is 0.672. The molecule has 2 heterocycles. The first kappa shape index (κ1) is 11.2. The highest BCUT2D eigenvalue weighted by molar-refractivity contribution is 6.17. The van der Waals surface area contributed by atoms with Crippen LogP contribution in [0.15, 0.2) is 24.7 Å². The van der Waals surface area contributed by atoms with Gasteiger partial charge in [0.2, 0.25) is 0 Å². The Morgan fingerprint density at radius 3 is 3.12 bits per heavy atom. The average molecular weight is 239 g/mol. The summed E-state index contributed by atoms with van der Waals surface area (Å²) < 4.78 is 1.81. The van der Waals surface area contributed by atoms with Crippen LogP contribution in [0.25, 0.3) is 5.52 Å². The van der Waals surface area contributed by atoms with E-state index in [1.807, 2.05) is 16.8 Å². The second-order valence-electron chi connectivity index (χ2n) is 3.66. The monoisotopic (exact) mass is 238 g/mol. The first-order valence-electron chi connectivity index (χ1n) is 5.46. The number of anilines is 1. The van der Waals surface area contributed by atoms with Gasteiger partial charge in [0.15, 0.2) is 5.82 Å². The summed E-state index contributed by atoms with van der Waals surface area (Å²) >= 11 is 5.76. The van der Waals surface area contributed by atoms with Crippen LogP contribution in [0.1, 0.15) is 19.8 Å². The van der Waals surface area contributed by atoms with E-state index in [2.05, 4.69) is 22.3 Å². The molecule has 2 rings (SSSR count). The SMILES string of the molecule is CCC(CCCl)Nc1nccn2nccc12. The van der Waals surface area contributed by atoms with Crippen molar-refractivity contribution in [1.82, 2.24) is 14.6 Å². The first-order chi connectivity index (χ1) is 7.85. The number of alkyl halides is 1. The molecule has 0 amide bonds. The van der Waals surface area contributed by atoms with Crippen molar-refractivity contribution in [2.24, 2.45) is 0 Å². The molecule has 0 bridgehead atoms. The molecule has 1 atom stereocenters. The lowest BCUT2D eigenvalue weighted by Gasteiger charge is -2.16. The fraction of sp³-hybridized carbons (Fsp3) is 0.455. The van der Waals surface area contributed by atoms with E-state index in [1.165, 1.54) is 0 Å². The molecule has 16 heavy (non-hydrogen) atoms. The third-order valence-corrected chi connectivity index (χ3v) is 2.83. The molecule has 4 nitrogen and oxygen atoms in total. The molecular weight excluding hydrogens is 224 g/mol. The average Bonchev–Trinajstić information content (AvgIpc) is 2.77. The van der Waals surface area contributed by atoms with Gasteiger partial charge < -0.3 is 5.32 Å². The molecule has 0 saturated heterocycles. The summed E-state index contributed by atoms with van der Waals surface area (Å²) in [5.74, 6) is 1.53. The van der Waals surface area contributed by atoms with Gasteiger partial charge in [-0.1, -0.05) is 6.92 Å². The maximum Gasteiger partial charge on any atom is 0.152 e. The van der Waals surface area contributed by atoms with Crippen LogP contribution in [0, 0.1) is 0 Å². The number of halogens is 1. The molecule has 0 fully saturated rings. The summed E-state index contributed by atoms with van der Waals surface area (Å²) in [5, 5.41) is 7.57. The van der Waals surface area contributed by atoms with Crippen molar-refractivity contribution < 1.29 is 0 Å². The smallest absolute Gasteiger partial charge is 0.152 e. The quantitative estimate of drug-likeness (QED) is 0.814. The van der Waals surface area contributed by atoms with Gasteiger partial charge >= 0.3 is 0 Å². The molecule has 0 spiro atoms. The second-order valence-corrected chi connectivity index (χ2v) is 4.04. The van der Waals surface area contributed by atoms with Crippen molar-refractivity contribution in [3.05, 3.63) is 24.7 Å². The maximum atomic E-state index is 5.76. The van der Waals surface area contributed by atoms with Gasteiger partial charge in [0.25, 0.3) is 0 Å². The van der Waals surface area contributed by atoms with Crippen LogP contribution in [0.4, 0.5) is 5.82 Å². The van der Waals surface area contributed by atoms with Crippen molar-refractivity contribution in [3.8, 4) is 0 Å². The molecule has 0 saturated carbocycles. The Hall–Kier alpha value is -1.29. The maximum absolute atomic E-state index is 5.76. The van der Waals surface area contributed by atoms with Gasteiger partial charge in [0.05, 0.1) is 6.20 Å². The van der Waals surface area contributed by atoms with Gasteiger partial charge in [-0.2, -0.15) is 5.10 Å². The molecule has 0 aromatic carbocycles. The number of aromatic nitrogens is 3. The van der Waals surface area contributed by atoms with E-state index in [0.717, 1.165) is 24.2 Å². The third-order valence-electron chi connectivity index (χ3n) is 2.62. The van der Waals surface area contributed by atoms with E-state index in [9.17, 15) is 0 Å². The predicted octanol–water partition coefficient (Wildman–Crippen LogP) is 2.55. The Kier molecular flexibility index (Phi) is 3.62. The summed E-state index contributed by atoms with van der Waals surface area (Å²) in [6, 6.07) is 2.31. The molecule has 0 aliphatic rings. The summed E-state index contributed by atoms with van der Waals surface area (Å²) in [4.78, 5) is 4.33. The molecule has 86 valence electrons. The standard InChI is InChI=1S/C11H15ClN4/c1-2-9(3-5-12)15-11-10-4-6-14-16(10)8-7-13-11/h4,6-9H,2-3,5H2,1H3,(H,13,15). The van der Waals surface area contributed by atoms with E-state index in [4.69, 9.17) is 11.6 Å². The zero-order valence-electron chi connectivity index (χ0n) is 9.23. The Morgan fingerprint density at radius 1 is 1.50 bits per heavy atom. The minimum Gasteiger partial charge on any atom is -0.366 e. The normalized spacial score (nSPS) is 12.9. The Labute approximate surface area is 99.6 Å². The van der Waals surface area contributed by atoms with Gasteiger partial charge in [-0.25, -0.2) is 9.50 Å². The van der Waals surface area contributed by atoms with Crippen LogP contribution in [0.3, 0.4) is 0 Å². The minimum absolute atomic E-state index is 0.367. The van der Waals surface area contributed by atoms with Crippen molar-refractivity contribution in [1.29, 1.82) is 0 Å². The summed E-state index contributed by atoms with van der Waals surface area (Å²) in [6.45, 7) is 2.14. The highest BCUT2D eigenvalue weighted by Crippen LogP contribution is 2.15. The molecule has 2 aromatic rings. The largest absolute Gasteiger partial charge is 0.366 e. The van der Waals surface area contributed by atoms with Crippen LogP contribution in [-0.4, -0.2) is 26.5 Å². The van der Waals surface area contributed by atoms with Crippen LogP contribution >= 0.6 is 11.6 Å². The van der Waals surface area contributed by atoms with Gasteiger partial charge in [-0.15, -0.1) is 11.6 Å². The van der Waals surface area contributed by atoms with Crippen LogP contribution < -0.4 is 5.32 Å². The lowest BCUT2D eigenvalue weighted by atomic mass is 10.2. The van der Waals surface area contributed by atoms with Crippen LogP contribution in [-0.2, 0) is 0 Å². The molecule has 1 unspecified atom stereocenters. The van der Waals surface area contributed by atoms with Crippen molar-refractivity contribution in [3.63, 3.8) is 0 Å². The topological polar surface area (TPSA) is 42.2 Å². The number of hydrogen-bond donors (Lipinski definition) is 1. The van der Waals surface area contributed by atoms with Crippen molar-refractivity contribution in [2.75, 3.05) is 11.2 Å². The molecule has 1 N–H and O–H groups in total. The van der Waals surface area contributed by atoms with E-state index in [0.29, 0.717) is 11.9 Å². The van der Waals surface area contributed by atoms with Crippen molar-refractivity contribution in [2.45, 2.75) is 25.8 Å². The van der Waals surface area contributed by atoms with E-state index >= 15 is 0 Å². The van der Waals surface area contributed by atoms with Crippen LogP contribution in [0.2, 0.25) is 0 Å². The van der Waals surface area contributed by atoms with E-state index in [1.54, 1.807) is 12.4 Å². The fourth-order valence-electron chi connectivity index (χ4n) is 1.67. The Morgan fingerprint density at radius 2 is 2.38 bits per heavy atom. The summed E-state index contributed by atoms with van der Waals surface area (Å²) in [5.41, 5.74) is 0.996. The molecule has 5 heteroatoms. The number of hydrogen-bond acceptors (Lipinski definition) is 3. The Balaban J connectivity index is 2.22. The highest BCUT2D eigenvalue weighted by atomic mass is 35.5. The van der Waals surface area contributed by atoms with E-state index in [-0.39, 0.29) is 0 Å². The van der Waals surface area contributed by atoms with Gasteiger partial charge in [-0.3, -0.25) is 0 Å². The molecule has 0 aliphatic heterocycles. The summed E-state index contributed by atoms with van der Waals surface area (Å²) in [6.07, 6.45) is 7.32. The third kappa shape index (κ3) is 2.27. The van der Waals surface area contributed by atoms with E-state index < -0.39 is 0 Å². The van der Waals surface area contributed by atoms with Crippen molar-refractivity contribution >= 4 is 22.9 Å². The minimum atomic E-state index is 0.367. The van der Waals surface area contributed by atoms with Crippen LogP contribution in [0.5, 0.6) is 0 Å². The first-order valence-corrected chi connectivity index (χ1v) is 5.99. The van der Waals surface area contributed by atoms with Gasteiger partial charge in [0, 0.05) is 24.3 Å². The number of rotatable bonds is 5. The predicted molar refractivity (Wildman–Crippen MR) is 66.0 cm³/mol. The Bertz CT molecular complexity index is 454. The second kappa shape index (κ2) is 5.16. The fourth-order valence-corrected chi connectivity index (χ4v) is 1.94. The summed E-state index contributed by atoms with van der Waals surface area (Å²) in [7, 11) is 0. The molecule has 2 aromatic heterocycles.